The molecule has 7 nitrogen and oxygen atoms in total. The zero-order chi connectivity index (χ0) is 17.0. The number of hydrogen-bond donors (Lipinski definition) is 3. The van der Waals surface area contributed by atoms with Gasteiger partial charge >= 0.3 is 0 Å². The van der Waals surface area contributed by atoms with Gasteiger partial charge in [-0.05, 0) is 24.8 Å². The Morgan fingerprint density at radius 2 is 1.83 bits per heavy atom. The van der Waals surface area contributed by atoms with E-state index in [0.717, 1.165) is 37.8 Å². The first-order chi connectivity index (χ1) is 10.8. The van der Waals surface area contributed by atoms with Crippen molar-refractivity contribution in [2.75, 3.05) is 19.3 Å². The Bertz CT molecular complexity index is 685. The van der Waals surface area contributed by atoms with Crippen LogP contribution < -0.4 is 10.5 Å². The molecule has 1 aromatic carbocycles. The molecule has 0 bridgehead atoms. The number of carbonyl (C=O) groups excluding carboxylic acids is 1. The van der Waals surface area contributed by atoms with Crippen molar-refractivity contribution in [2.24, 2.45) is 5.73 Å². The van der Waals surface area contributed by atoms with E-state index >= 15 is 0 Å². The van der Waals surface area contributed by atoms with Crippen molar-refractivity contribution in [1.82, 2.24) is 9.62 Å². The van der Waals surface area contributed by atoms with E-state index in [4.69, 9.17) is 11.1 Å². The number of nitrogens with two attached hydrogens (primary N) is 1. The first-order valence-corrected chi connectivity index (χ1v) is 9.35. The summed E-state index contributed by atoms with van der Waals surface area (Å²) in [5.74, 6) is -0.213. The van der Waals surface area contributed by atoms with Crippen LogP contribution in [0.4, 0.5) is 0 Å². The van der Waals surface area contributed by atoms with Crippen LogP contribution in [0.15, 0.2) is 24.3 Å². The average molecular weight is 375 g/mol. The monoisotopic (exact) mass is 374 g/mol. The summed E-state index contributed by atoms with van der Waals surface area (Å²) in [6.07, 6.45) is 3.48. The quantitative estimate of drug-likeness (QED) is 0.513. The van der Waals surface area contributed by atoms with E-state index in [1.807, 2.05) is 0 Å². The highest BCUT2D eigenvalue weighted by atomic mass is 35.5. The minimum Gasteiger partial charge on any atom is -0.341 e. The number of halogens is 1. The van der Waals surface area contributed by atoms with Gasteiger partial charge in [-0.25, -0.2) is 8.42 Å². The maximum Gasteiger partial charge on any atom is 0.239 e. The third-order valence-corrected chi connectivity index (χ3v) is 4.30. The maximum atomic E-state index is 12.2. The van der Waals surface area contributed by atoms with Gasteiger partial charge in [-0.3, -0.25) is 14.9 Å². The molecule has 1 atom stereocenters. The van der Waals surface area contributed by atoms with Crippen LogP contribution in [0.3, 0.4) is 0 Å². The lowest BCUT2D eigenvalue weighted by molar-refractivity contribution is -0.131. The number of sulfonamides is 1. The van der Waals surface area contributed by atoms with Crippen LogP contribution in [-0.2, 0) is 21.2 Å². The maximum absolute atomic E-state index is 12.2. The summed E-state index contributed by atoms with van der Waals surface area (Å²) in [6.45, 7) is 1.56. The van der Waals surface area contributed by atoms with Crippen molar-refractivity contribution in [3.63, 3.8) is 0 Å². The molecule has 1 heterocycles. The Hall–Kier alpha value is -1.64. The molecule has 4 N–H and O–H groups in total. The number of amidine groups is 1. The molecule has 1 aliphatic rings. The lowest BCUT2D eigenvalue weighted by Crippen LogP contribution is -2.43. The van der Waals surface area contributed by atoms with Gasteiger partial charge in [-0.1, -0.05) is 24.3 Å². The zero-order valence-electron chi connectivity index (χ0n) is 13.5. The second-order valence-electron chi connectivity index (χ2n) is 5.79. The van der Waals surface area contributed by atoms with E-state index in [0.29, 0.717) is 12.0 Å². The second-order valence-corrected chi connectivity index (χ2v) is 7.54. The smallest absolute Gasteiger partial charge is 0.239 e. The largest absolute Gasteiger partial charge is 0.341 e. The van der Waals surface area contributed by atoms with E-state index in [2.05, 4.69) is 4.72 Å². The zero-order valence-corrected chi connectivity index (χ0v) is 15.1. The summed E-state index contributed by atoms with van der Waals surface area (Å²) in [5, 5.41) is 7.70. The topological polar surface area (TPSA) is 116 Å². The SMILES string of the molecule is CS(=O)(=O)NC(=N)c1ccc(CC(N)C(=O)N2CCCC2)cc1.Cl. The van der Waals surface area contributed by atoms with Gasteiger partial charge in [0.2, 0.25) is 15.9 Å². The molecule has 1 fully saturated rings. The number of rotatable bonds is 5. The van der Waals surface area contributed by atoms with Crippen molar-refractivity contribution in [3.05, 3.63) is 35.4 Å². The minimum atomic E-state index is -3.47. The Morgan fingerprint density at radius 3 is 2.33 bits per heavy atom. The Morgan fingerprint density at radius 1 is 1.29 bits per heavy atom. The Kier molecular flexibility index (Phi) is 7.19. The third-order valence-electron chi connectivity index (χ3n) is 3.72. The minimum absolute atomic E-state index is 0. The summed E-state index contributed by atoms with van der Waals surface area (Å²) in [6, 6.07) is 6.22. The van der Waals surface area contributed by atoms with Crippen LogP contribution >= 0.6 is 12.4 Å². The molecule has 1 aromatic rings. The molecule has 1 aliphatic heterocycles. The number of amides is 1. The van der Waals surface area contributed by atoms with E-state index in [1.165, 1.54) is 0 Å². The molecule has 1 amide bonds. The van der Waals surface area contributed by atoms with Gasteiger partial charge in [0.05, 0.1) is 12.3 Å². The van der Waals surface area contributed by atoms with Crippen molar-refractivity contribution in [1.29, 1.82) is 5.41 Å². The van der Waals surface area contributed by atoms with Gasteiger partial charge in [0.25, 0.3) is 0 Å². The highest BCUT2D eigenvalue weighted by Gasteiger charge is 2.23. The molecule has 134 valence electrons. The van der Waals surface area contributed by atoms with Crippen molar-refractivity contribution in [2.45, 2.75) is 25.3 Å². The van der Waals surface area contributed by atoms with Gasteiger partial charge in [0, 0.05) is 18.7 Å². The highest BCUT2D eigenvalue weighted by molar-refractivity contribution is 7.89. The number of benzene rings is 1. The molecular weight excluding hydrogens is 352 g/mol. The summed E-state index contributed by atoms with van der Waals surface area (Å²) in [4.78, 5) is 14.0. The predicted molar refractivity (Wildman–Crippen MR) is 96.0 cm³/mol. The van der Waals surface area contributed by atoms with Gasteiger partial charge in [0.1, 0.15) is 5.84 Å². The molecule has 9 heteroatoms. The molecule has 0 saturated carbocycles. The standard InChI is InChI=1S/C15H22N4O3S.ClH/c1-23(21,22)18-14(17)12-6-4-11(5-7-12)10-13(16)15(20)19-8-2-3-9-19;/h4-7,13H,2-3,8-10,16H2,1H3,(H2,17,18);1H. The molecule has 0 aromatic heterocycles. The predicted octanol–water partition coefficient (Wildman–Crippen LogP) is 0.475. The fraction of sp³-hybridized carbons (Fsp3) is 0.467. The number of nitrogens with one attached hydrogen (secondary N) is 2. The van der Waals surface area contributed by atoms with Crippen molar-refractivity contribution in [3.8, 4) is 0 Å². The number of carbonyl (C=O) groups is 1. The first kappa shape index (κ1) is 20.4. The Labute approximate surface area is 148 Å². The van der Waals surface area contributed by atoms with Gasteiger partial charge in [-0.15, -0.1) is 12.4 Å². The Balaban J connectivity index is 0.00000288. The second kappa shape index (κ2) is 8.46. The molecule has 1 unspecified atom stereocenters. The van der Waals surface area contributed by atoms with Crippen LogP contribution in [-0.4, -0.2) is 50.4 Å². The van der Waals surface area contributed by atoms with E-state index in [9.17, 15) is 13.2 Å². The van der Waals surface area contributed by atoms with Crippen molar-refractivity contribution < 1.29 is 13.2 Å². The molecular formula is C15H23ClN4O3S. The lowest BCUT2D eigenvalue weighted by Gasteiger charge is -2.20. The molecule has 2 rings (SSSR count). The molecule has 24 heavy (non-hydrogen) atoms. The lowest BCUT2D eigenvalue weighted by atomic mass is 10.0. The average Bonchev–Trinajstić information content (AvgIpc) is 2.99. The van der Waals surface area contributed by atoms with Crippen LogP contribution in [0.25, 0.3) is 0 Å². The third kappa shape index (κ3) is 5.77. The molecule has 1 saturated heterocycles. The van der Waals surface area contributed by atoms with E-state index < -0.39 is 16.1 Å². The molecule has 0 aliphatic carbocycles. The highest BCUT2D eigenvalue weighted by Crippen LogP contribution is 2.12. The fourth-order valence-corrected chi connectivity index (χ4v) is 3.05. The number of hydrogen-bond acceptors (Lipinski definition) is 5. The van der Waals surface area contributed by atoms with Crippen LogP contribution in [0.1, 0.15) is 24.0 Å². The summed E-state index contributed by atoms with van der Waals surface area (Å²) < 4.78 is 24.4. The normalized spacial score (nSPS) is 15.5. The van der Waals surface area contributed by atoms with Gasteiger partial charge < -0.3 is 10.6 Å². The van der Waals surface area contributed by atoms with Crippen LogP contribution in [0.2, 0.25) is 0 Å². The van der Waals surface area contributed by atoms with Crippen molar-refractivity contribution >= 4 is 34.2 Å². The number of nitrogens with zero attached hydrogens (tertiary/aromatic N) is 1. The van der Waals surface area contributed by atoms with Crippen LogP contribution in [0, 0.1) is 5.41 Å². The summed E-state index contributed by atoms with van der Waals surface area (Å²) in [7, 11) is -3.47. The fourth-order valence-electron chi connectivity index (χ4n) is 2.57. The number of likely N-dealkylation sites (tertiary alicyclic amines) is 1. The van der Waals surface area contributed by atoms with Gasteiger partial charge in [0.15, 0.2) is 0 Å². The van der Waals surface area contributed by atoms with Crippen LogP contribution in [0.5, 0.6) is 0 Å². The first-order valence-electron chi connectivity index (χ1n) is 7.46. The molecule has 0 spiro atoms. The summed E-state index contributed by atoms with van der Waals surface area (Å²) in [5.41, 5.74) is 7.32. The van der Waals surface area contributed by atoms with Gasteiger partial charge in [-0.2, -0.15) is 0 Å². The van der Waals surface area contributed by atoms with E-state index in [-0.39, 0.29) is 24.1 Å². The van der Waals surface area contributed by atoms with E-state index in [1.54, 1.807) is 29.2 Å². The molecule has 0 radical (unpaired) electrons. The summed E-state index contributed by atoms with van der Waals surface area (Å²) >= 11 is 0.